The zero-order valence-electron chi connectivity index (χ0n) is 14.4. The van der Waals surface area contributed by atoms with E-state index in [0.717, 1.165) is 19.3 Å². The minimum absolute atomic E-state index is 0.0180. The van der Waals surface area contributed by atoms with Crippen molar-refractivity contribution >= 4 is 15.7 Å². The monoisotopic (exact) mass is 342 g/mol. The van der Waals surface area contributed by atoms with E-state index in [9.17, 15) is 13.2 Å². The predicted octanol–water partition coefficient (Wildman–Crippen LogP) is 1.56. The molecule has 6 nitrogen and oxygen atoms in total. The maximum Gasteiger partial charge on any atom is 0.251 e. The van der Waals surface area contributed by atoms with Crippen molar-refractivity contribution in [1.29, 1.82) is 0 Å². The Labute approximate surface area is 138 Å². The number of carbonyl (C=O) groups excluding carboxylic acids is 1. The highest BCUT2D eigenvalue weighted by atomic mass is 32.2. The third-order valence-corrected chi connectivity index (χ3v) is 4.94. The molecule has 0 aliphatic carbocycles. The van der Waals surface area contributed by atoms with Gasteiger partial charge in [0.15, 0.2) is 9.84 Å². The normalized spacial score (nSPS) is 13.0. The molecule has 0 spiro atoms. The van der Waals surface area contributed by atoms with Gasteiger partial charge in [-0.05, 0) is 38.2 Å². The highest BCUT2D eigenvalue weighted by Gasteiger charge is 2.18. The number of nitrogens with zero attached hydrogens (tertiary/aromatic N) is 1. The van der Waals surface area contributed by atoms with Gasteiger partial charge in [0.2, 0.25) is 0 Å². The van der Waals surface area contributed by atoms with Crippen LogP contribution in [0.4, 0.5) is 0 Å². The van der Waals surface area contributed by atoms with Crippen LogP contribution in [0.25, 0.3) is 0 Å². The van der Waals surface area contributed by atoms with Gasteiger partial charge in [-0.15, -0.1) is 0 Å². The van der Waals surface area contributed by atoms with E-state index in [-0.39, 0.29) is 22.6 Å². The molecule has 1 N–H and O–H groups in total. The standard InChI is InChI=1S/C16H26N2O4S/c1-6-18(7-2)12(3)11-17-16(19)13-8-9-14(22-4)15(10-13)23(5,20)21/h8-10,12H,6-7,11H2,1-5H3,(H,17,19). The summed E-state index contributed by atoms with van der Waals surface area (Å²) in [6.45, 7) is 8.51. The Morgan fingerprint density at radius 2 is 1.91 bits per heavy atom. The minimum atomic E-state index is -3.47. The smallest absolute Gasteiger partial charge is 0.251 e. The first-order chi connectivity index (χ1) is 10.7. The molecule has 1 aromatic carbocycles. The van der Waals surface area contributed by atoms with E-state index in [1.165, 1.54) is 19.2 Å². The lowest BCUT2D eigenvalue weighted by Crippen LogP contribution is -2.42. The van der Waals surface area contributed by atoms with E-state index in [1.54, 1.807) is 6.07 Å². The van der Waals surface area contributed by atoms with Gasteiger partial charge in [-0.2, -0.15) is 0 Å². The van der Waals surface area contributed by atoms with Gasteiger partial charge in [-0.3, -0.25) is 9.69 Å². The van der Waals surface area contributed by atoms with Crippen LogP contribution in [-0.2, 0) is 9.84 Å². The quantitative estimate of drug-likeness (QED) is 0.776. The van der Waals surface area contributed by atoms with Crippen LogP contribution in [-0.4, -0.2) is 58.3 Å². The number of hydrogen-bond donors (Lipinski definition) is 1. The van der Waals surface area contributed by atoms with Crippen LogP contribution < -0.4 is 10.1 Å². The third-order valence-electron chi connectivity index (χ3n) is 3.82. The molecule has 1 unspecified atom stereocenters. The van der Waals surface area contributed by atoms with E-state index in [4.69, 9.17) is 4.74 Å². The van der Waals surface area contributed by atoms with Gasteiger partial charge in [0.05, 0.1) is 7.11 Å². The Morgan fingerprint density at radius 3 is 2.39 bits per heavy atom. The van der Waals surface area contributed by atoms with Crippen molar-refractivity contribution in [3.8, 4) is 5.75 Å². The molecule has 0 fully saturated rings. The van der Waals surface area contributed by atoms with Crippen LogP contribution in [0.1, 0.15) is 31.1 Å². The van der Waals surface area contributed by atoms with E-state index in [1.807, 2.05) is 6.92 Å². The maximum atomic E-state index is 12.3. The van der Waals surface area contributed by atoms with Gasteiger partial charge in [0.1, 0.15) is 10.6 Å². The van der Waals surface area contributed by atoms with Crippen LogP contribution in [0, 0.1) is 0 Å². The van der Waals surface area contributed by atoms with Crippen LogP contribution in [0.5, 0.6) is 5.75 Å². The number of rotatable bonds is 8. The van der Waals surface area contributed by atoms with Gasteiger partial charge >= 0.3 is 0 Å². The third kappa shape index (κ3) is 5.21. The summed E-state index contributed by atoms with van der Waals surface area (Å²) in [6.07, 6.45) is 1.09. The van der Waals surface area contributed by atoms with Crippen molar-refractivity contribution < 1.29 is 17.9 Å². The first-order valence-electron chi connectivity index (χ1n) is 7.64. The van der Waals surface area contributed by atoms with Gasteiger partial charge in [0, 0.05) is 24.4 Å². The molecule has 1 atom stereocenters. The molecule has 7 heteroatoms. The van der Waals surface area contributed by atoms with Crippen LogP contribution in [0.3, 0.4) is 0 Å². The van der Waals surface area contributed by atoms with E-state index in [2.05, 4.69) is 24.1 Å². The number of nitrogens with one attached hydrogen (secondary N) is 1. The average molecular weight is 342 g/mol. The van der Waals surface area contributed by atoms with Crippen molar-refractivity contribution in [1.82, 2.24) is 10.2 Å². The fourth-order valence-corrected chi connectivity index (χ4v) is 3.28. The second kappa shape index (κ2) is 8.31. The number of hydrogen-bond acceptors (Lipinski definition) is 5. The number of carbonyl (C=O) groups is 1. The Bertz CT molecular complexity index is 639. The highest BCUT2D eigenvalue weighted by molar-refractivity contribution is 7.90. The SMILES string of the molecule is CCN(CC)C(C)CNC(=O)c1ccc(OC)c(S(C)(=O)=O)c1. The molecule has 0 aliphatic rings. The van der Waals surface area contributed by atoms with Gasteiger partial charge in [0.25, 0.3) is 5.91 Å². The van der Waals surface area contributed by atoms with Gasteiger partial charge in [-0.1, -0.05) is 13.8 Å². The van der Waals surface area contributed by atoms with E-state index in [0.29, 0.717) is 12.1 Å². The highest BCUT2D eigenvalue weighted by Crippen LogP contribution is 2.24. The lowest BCUT2D eigenvalue weighted by atomic mass is 10.2. The summed E-state index contributed by atoms with van der Waals surface area (Å²) >= 11 is 0. The molecule has 130 valence electrons. The second-order valence-corrected chi connectivity index (χ2v) is 7.40. The van der Waals surface area contributed by atoms with Crippen molar-refractivity contribution in [3.05, 3.63) is 23.8 Å². The first kappa shape index (κ1) is 19.4. The molecule has 1 aromatic rings. The Kier molecular flexibility index (Phi) is 7.02. The average Bonchev–Trinajstić information content (AvgIpc) is 2.52. The van der Waals surface area contributed by atoms with Crippen LogP contribution >= 0.6 is 0 Å². The summed E-state index contributed by atoms with van der Waals surface area (Å²) in [5.41, 5.74) is 0.304. The van der Waals surface area contributed by atoms with Gasteiger partial charge in [-0.25, -0.2) is 8.42 Å². The topological polar surface area (TPSA) is 75.7 Å². The summed E-state index contributed by atoms with van der Waals surface area (Å²) in [5, 5.41) is 2.85. The molecule has 0 saturated heterocycles. The molecule has 0 aliphatic heterocycles. The number of methoxy groups -OCH3 is 1. The van der Waals surface area contributed by atoms with Crippen molar-refractivity contribution in [2.75, 3.05) is 33.0 Å². The molecule has 1 rings (SSSR count). The molecule has 23 heavy (non-hydrogen) atoms. The van der Waals surface area contributed by atoms with Gasteiger partial charge < -0.3 is 10.1 Å². The largest absolute Gasteiger partial charge is 0.495 e. The Balaban J connectivity index is 2.89. The maximum absolute atomic E-state index is 12.3. The fourth-order valence-electron chi connectivity index (χ4n) is 2.43. The molecular formula is C16H26N2O4S. The summed E-state index contributed by atoms with van der Waals surface area (Å²) < 4.78 is 28.7. The van der Waals surface area contributed by atoms with E-state index >= 15 is 0 Å². The van der Waals surface area contributed by atoms with Crippen LogP contribution in [0.2, 0.25) is 0 Å². The summed E-state index contributed by atoms with van der Waals surface area (Å²) in [6, 6.07) is 4.62. The summed E-state index contributed by atoms with van der Waals surface area (Å²) in [7, 11) is -2.07. The summed E-state index contributed by atoms with van der Waals surface area (Å²) in [4.78, 5) is 14.5. The van der Waals surface area contributed by atoms with Crippen molar-refractivity contribution in [2.24, 2.45) is 0 Å². The number of sulfone groups is 1. The minimum Gasteiger partial charge on any atom is -0.495 e. The number of ether oxygens (including phenoxy) is 1. The number of likely N-dealkylation sites (N-methyl/N-ethyl adjacent to an activating group) is 1. The molecule has 0 radical (unpaired) electrons. The first-order valence-corrected chi connectivity index (χ1v) is 9.54. The molecule has 0 bridgehead atoms. The van der Waals surface area contributed by atoms with Crippen LogP contribution in [0.15, 0.2) is 23.1 Å². The van der Waals surface area contributed by atoms with E-state index < -0.39 is 9.84 Å². The number of amides is 1. The molecule has 0 heterocycles. The van der Waals surface area contributed by atoms with Crippen molar-refractivity contribution in [3.63, 3.8) is 0 Å². The Morgan fingerprint density at radius 1 is 1.30 bits per heavy atom. The number of benzene rings is 1. The molecule has 1 amide bonds. The lowest BCUT2D eigenvalue weighted by molar-refractivity contribution is 0.0937. The molecular weight excluding hydrogens is 316 g/mol. The molecule has 0 aromatic heterocycles. The lowest BCUT2D eigenvalue weighted by Gasteiger charge is -2.26. The summed E-state index contributed by atoms with van der Waals surface area (Å²) in [5.74, 6) is -0.0582. The second-order valence-electron chi connectivity index (χ2n) is 5.42. The molecule has 0 saturated carbocycles. The zero-order chi connectivity index (χ0) is 17.6. The fraction of sp³-hybridized carbons (Fsp3) is 0.562. The zero-order valence-corrected chi connectivity index (χ0v) is 15.2. The Hall–Kier alpha value is -1.60. The van der Waals surface area contributed by atoms with Crippen molar-refractivity contribution in [2.45, 2.75) is 31.7 Å². The predicted molar refractivity (Wildman–Crippen MR) is 90.8 cm³/mol.